The summed E-state index contributed by atoms with van der Waals surface area (Å²) < 4.78 is 36.6. The Hall–Kier alpha value is -1.28. The van der Waals surface area contributed by atoms with Gasteiger partial charge in [-0.15, -0.1) is 0 Å². The molecule has 1 heterocycles. The first-order valence-corrected chi connectivity index (χ1v) is 3.48. The molecule has 1 rings (SSSR count). The molecule has 0 saturated heterocycles. The highest BCUT2D eigenvalue weighted by Crippen LogP contribution is 2.26. The number of aromatic nitrogens is 1. The average Bonchev–Trinajstić information content (AvgIpc) is 2.01. The summed E-state index contributed by atoms with van der Waals surface area (Å²) in [6, 6.07) is 0.273. The number of hydrogen-bond acceptors (Lipinski definition) is 3. The van der Waals surface area contributed by atoms with E-state index >= 15 is 0 Å². The summed E-state index contributed by atoms with van der Waals surface area (Å²) in [4.78, 5) is 12.5. The van der Waals surface area contributed by atoms with E-state index in [-0.39, 0.29) is 6.07 Å². The molecule has 0 spiro atoms. The lowest BCUT2D eigenvalue weighted by molar-refractivity contribution is -0.137. The molecule has 0 fully saturated rings. The number of hydrogen-bond donors (Lipinski definition) is 3. The summed E-state index contributed by atoms with van der Waals surface area (Å²) >= 11 is 0. The molecular formula is C6H5BF3NO3. The van der Waals surface area contributed by atoms with Gasteiger partial charge in [-0.05, 0) is 0 Å². The van der Waals surface area contributed by atoms with Crippen LogP contribution in [0.4, 0.5) is 13.2 Å². The molecule has 3 N–H and O–H groups in total. The Kier molecular flexibility index (Phi) is 2.67. The van der Waals surface area contributed by atoms with Crippen molar-refractivity contribution < 1.29 is 23.2 Å². The maximum atomic E-state index is 12.2. The second-order valence-electron chi connectivity index (χ2n) is 2.54. The van der Waals surface area contributed by atoms with E-state index < -0.39 is 29.9 Å². The summed E-state index contributed by atoms with van der Waals surface area (Å²) in [5.41, 5.74) is -3.09. The fraction of sp³-hybridized carbons (Fsp3) is 0.167. The van der Waals surface area contributed by atoms with Crippen molar-refractivity contribution in [3.8, 4) is 0 Å². The van der Waals surface area contributed by atoms with E-state index in [1.165, 1.54) is 0 Å². The number of nitrogens with one attached hydrogen (secondary N) is 1. The Morgan fingerprint density at radius 2 is 1.93 bits per heavy atom. The monoisotopic (exact) mass is 207 g/mol. The van der Waals surface area contributed by atoms with Crippen LogP contribution in [0.3, 0.4) is 0 Å². The molecule has 0 aromatic carbocycles. The van der Waals surface area contributed by atoms with Crippen molar-refractivity contribution in [2.24, 2.45) is 0 Å². The lowest BCUT2D eigenvalue weighted by atomic mass is 9.78. The summed E-state index contributed by atoms with van der Waals surface area (Å²) in [5.74, 6) is 0. The Labute approximate surface area is 76.2 Å². The predicted octanol–water partition coefficient (Wildman–Crippen LogP) is -0.927. The molecule has 0 amide bonds. The first-order chi connectivity index (χ1) is 6.32. The van der Waals surface area contributed by atoms with E-state index in [0.717, 1.165) is 0 Å². The molecule has 76 valence electrons. The van der Waals surface area contributed by atoms with Gasteiger partial charge in [0.2, 0.25) is 5.56 Å². The van der Waals surface area contributed by atoms with Gasteiger partial charge >= 0.3 is 13.3 Å². The molecular weight excluding hydrogens is 202 g/mol. The van der Waals surface area contributed by atoms with Gasteiger partial charge < -0.3 is 15.0 Å². The summed E-state index contributed by atoms with van der Waals surface area (Å²) in [7, 11) is -2.27. The third-order valence-electron chi connectivity index (χ3n) is 1.54. The van der Waals surface area contributed by atoms with Crippen LogP contribution >= 0.6 is 0 Å². The second-order valence-corrected chi connectivity index (χ2v) is 2.54. The van der Waals surface area contributed by atoms with E-state index in [1.54, 1.807) is 0 Å². The molecule has 1 aromatic heterocycles. The molecule has 1 aromatic rings. The molecule has 0 aliphatic heterocycles. The largest absolute Gasteiger partial charge is 0.490 e. The molecule has 0 bridgehead atoms. The van der Waals surface area contributed by atoms with Gasteiger partial charge in [-0.3, -0.25) is 4.79 Å². The van der Waals surface area contributed by atoms with E-state index in [2.05, 4.69) is 0 Å². The van der Waals surface area contributed by atoms with Crippen molar-refractivity contribution in [2.75, 3.05) is 0 Å². The van der Waals surface area contributed by atoms with Crippen molar-refractivity contribution in [3.05, 3.63) is 28.2 Å². The second kappa shape index (κ2) is 3.47. The fourth-order valence-electron chi connectivity index (χ4n) is 0.942. The zero-order chi connectivity index (χ0) is 10.9. The number of pyridine rings is 1. The van der Waals surface area contributed by atoms with Crippen molar-refractivity contribution in [1.82, 2.24) is 4.98 Å². The number of alkyl halides is 3. The quantitative estimate of drug-likeness (QED) is 0.521. The standard InChI is InChI=1S/C6H5BF3NO3/c8-6(9,10)3-1-5(12)11-2-4(3)7(13)14/h1-2,13-14H,(H,11,12). The van der Waals surface area contributed by atoms with Crippen LogP contribution in [0.25, 0.3) is 0 Å². The van der Waals surface area contributed by atoms with Crippen molar-refractivity contribution in [2.45, 2.75) is 6.18 Å². The minimum atomic E-state index is -4.78. The molecule has 4 nitrogen and oxygen atoms in total. The highest BCUT2D eigenvalue weighted by molar-refractivity contribution is 6.59. The molecule has 8 heteroatoms. The van der Waals surface area contributed by atoms with Gasteiger partial charge in [-0.1, -0.05) is 0 Å². The Morgan fingerprint density at radius 1 is 1.36 bits per heavy atom. The summed E-state index contributed by atoms with van der Waals surface area (Å²) in [6.07, 6.45) is -4.16. The lowest BCUT2D eigenvalue weighted by Crippen LogP contribution is -2.38. The minimum Gasteiger partial charge on any atom is -0.423 e. The third kappa shape index (κ3) is 2.15. The van der Waals surface area contributed by atoms with Gasteiger partial charge in [-0.25, -0.2) is 0 Å². The molecule has 0 saturated carbocycles. The maximum Gasteiger partial charge on any atom is 0.490 e. The number of rotatable bonds is 1. The van der Waals surface area contributed by atoms with E-state index in [0.29, 0.717) is 6.20 Å². The Bertz CT molecular complexity index is 387. The summed E-state index contributed by atoms with van der Waals surface area (Å²) in [5, 5.41) is 17.2. The zero-order valence-corrected chi connectivity index (χ0v) is 6.67. The van der Waals surface area contributed by atoms with Crippen LogP contribution in [0, 0.1) is 0 Å². The fourth-order valence-corrected chi connectivity index (χ4v) is 0.942. The van der Waals surface area contributed by atoms with Crippen molar-refractivity contribution in [1.29, 1.82) is 0 Å². The van der Waals surface area contributed by atoms with Gasteiger partial charge in [0.1, 0.15) is 0 Å². The van der Waals surface area contributed by atoms with Crippen LogP contribution in [-0.2, 0) is 6.18 Å². The third-order valence-corrected chi connectivity index (χ3v) is 1.54. The van der Waals surface area contributed by atoms with Gasteiger partial charge in [0.25, 0.3) is 0 Å². The molecule has 0 atom stereocenters. The van der Waals surface area contributed by atoms with Crippen LogP contribution in [0.5, 0.6) is 0 Å². The van der Waals surface area contributed by atoms with E-state index in [9.17, 15) is 18.0 Å². The van der Waals surface area contributed by atoms with Crippen LogP contribution in [0.15, 0.2) is 17.1 Å². The molecule has 0 unspecified atom stereocenters. The Morgan fingerprint density at radius 3 is 2.36 bits per heavy atom. The van der Waals surface area contributed by atoms with E-state index in [1.807, 2.05) is 4.98 Å². The van der Waals surface area contributed by atoms with Crippen LogP contribution < -0.4 is 11.0 Å². The first kappa shape index (κ1) is 10.8. The van der Waals surface area contributed by atoms with Gasteiger partial charge in [0, 0.05) is 17.7 Å². The zero-order valence-electron chi connectivity index (χ0n) is 6.67. The van der Waals surface area contributed by atoms with Gasteiger partial charge in [0.15, 0.2) is 0 Å². The Balaban J connectivity index is 3.38. The molecule has 0 aliphatic rings. The number of H-pyrrole nitrogens is 1. The average molecular weight is 207 g/mol. The highest BCUT2D eigenvalue weighted by Gasteiger charge is 2.36. The number of aromatic amines is 1. The molecule has 14 heavy (non-hydrogen) atoms. The smallest absolute Gasteiger partial charge is 0.423 e. The van der Waals surface area contributed by atoms with Crippen molar-refractivity contribution in [3.63, 3.8) is 0 Å². The molecule has 0 radical (unpaired) electrons. The normalized spacial score (nSPS) is 11.5. The van der Waals surface area contributed by atoms with Crippen molar-refractivity contribution >= 4 is 12.6 Å². The molecule has 0 aliphatic carbocycles. The van der Waals surface area contributed by atoms with Gasteiger partial charge in [-0.2, -0.15) is 13.2 Å². The maximum absolute atomic E-state index is 12.2. The van der Waals surface area contributed by atoms with Crippen LogP contribution in [-0.4, -0.2) is 22.2 Å². The highest BCUT2D eigenvalue weighted by atomic mass is 19.4. The predicted molar refractivity (Wildman–Crippen MR) is 41.9 cm³/mol. The number of halogens is 3. The van der Waals surface area contributed by atoms with Crippen LogP contribution in [0.2, 0.25) is 0 Å². The first-order valence-electron chi connectivity index (χ1n) is 3.48. The topological polar surface area (TPSA) is 73.3 Å². The summed E-state index contributed by atoms with van der Waals surface area (Å²) in [6.45, 7) is 0. The SMILES string of the molecule is O=c1cc(C(F)(F)F)c(B(O)O)c[nH]1. The lowest BCUT2D eigenvalue weighted by Gasteiger charge is -2.10. The minimum absolute atomic E-state index is 0.273. The van der Waals surface area contributed by atoms with Crippen LogP contribution in [0.1, 0.15) is 5.56 Å². The van der Waals surface area contributed by atoms with Gasteiger partial charge in [0.05, 0.1) is 5.56 Å². The van der Waals surface area contributed by atoms with E-state index in [4.69, 9.17) is 10.0 Å².